The predicted molar refractivity (Wildman–Crippen MR) is 142 cm³/mol. The Morgan fingerprint density at radius 2 is 2.17 bits per heavy atom. The average molecular weight is 532 g/mol. The number of thioether (sulfide) groups is 1. The lowest BCUT2D eigenvalue weighted by molar-refractivity contribution is -0.139. The van der Waals surface area contributed by atoms with E-state index in [2.05, 4.69) is 14.9 Å². The van der Waals surface area contributed by atoms with E-state index in [0.29, 0.717) is 40.2 Å². The van der Waals surface area contributed by atoms with E-state index in [1.54, 1.807) is 43.3 Å². The largest absolute Gasteiger partial charge is 0.497 e. The number of aliphatic carboxylic acids is 1. The second kappa shape index (κ2) is 12.7. The van der Waals surface area contributed by atoms with E-state index in [1.807, 2.05) is 18.2 Å². The van der Waals surface area contributed by atoms with Crippen molar-refractivity contribution in [2.75, 3.05) is 32.5 Å². The Bertz CT molecular complexity index is 1170. The summed E-state index contributed by atoms with van der Waals surface area (Å²) in [6.07, 6.45) is 3.86. The maximum absolute atomic E-state index is 15.6. The maximum Gasteiger partial charge on any atom is 0.303 e. The van der Waals surface area contributed by atoms with Gasteiger partial charge < -0.3 is 14.7 Å². The first-order valence-corrected chi connectivity index (χ1v) is 13.5. The number of ether oxygens (including phenoxy) is 1. The Morgan fingerprint density at radius 3 is 2.92 bits per heavy atom. The van der Waals surface area contributed by atoms with Gasteiger partial charge in [0.1, 0.15) is 11.9 Å². The third-order valence-electron chi connectivity index (χ3n) is 6.88. The van der Waals surface area contributed by atoms with Crippen LogP contribution in [0.4, 0.5) is 4.39 Å². The van der Waals surface area contributed by atoms with Crippen LogP contribution in [0, 0.1) is 11.8 Å². The summed E-state index contributed by atoms with van der Waals surface area (Å²) in [6, 6.07) is 11.2. The Labute approximate surface area is 220 Å². The van der Waals surface area contributed by atoms with Crippen LogP contribution in [0.25, 0.3) is 10.9 Å². The second-order valence-electron chi connectivity index (χ2n) is 9.17. The lowest BCUT2D eigenvalue weighted by Gasteiger charge is -2.38. The highest BCUT2D eigenvalue weighted by Gasteiger charge is 2.31. The van der Waals surface area contributed by atoms with Gasteiger partial charge >= 0.3 is 5.97 Å². The molecular formula is C27H31ClFN3O3S. The van der Waals surface area contributed by atoms with Crippen LogP contribution in [0.2, 0.25) is 5.02 Å². The Balaban J connectivity index is 1.38. The standard InChI is InChI=1S/C27H31ClFN3O3S/c1-35-20-6-8-24-21(15-20)27(22(28)16-31-24)23(29)7-5-18-9-11-32(17-19(18)14-26(33)34)12-13-36-25-4-2-3-10-30-25/h2-4,6,8,10,15-16,18-19,23H,5,7,9,11-14,17H2,1H3,(H,33,34)/t18?,19?,23-/m1/s1. The molecule has 0 radical (unpaired) electrons. The average Bonchev–Trinajstić information content (AvgIpc) is 2.88. The number of aromatic nitrogens is 2. The summed E-state index contributed by atoms with van der Waals surface area (Å²) in [5, 5.41) is 11.4. The van der Waals surface area contributed by atoms with Gasteiger partial charge in [-0.05, 0) is 68.0 Å². The third-order valence-corrected chi connectivity index (χ3v) is 8.10. The summed E-state index contributed by atoms with van der Waals surface area (Å²) in [4.78, 5) is 22.6. The van der Waals surface area contributed by atoms with E-state index < -0.39 is 12.1 Å². The highest BCUT2D eigenvalue weighted by Crippen LogP contribution is 2.39. The van der Waals surface area contributed by atoms with Crippen LogP contribution in [0.1, 0.15) is 37.4 Å². The fourth-order valence-electron chi connectivity index (χ4n) is 5.02. The zero-order chi connectivity index (χ0) is 25.5. The maximum atomic E-state index is 15.6. The molecule has 4 rings (SSSR count). The van der Waals surface area contributed by atoms with Crippen LogP contribution in [-0.4, -0.2) is 58.4 Å². The summed E-state index contributed by atoms with van der Waals surface area (Å²) in [7, 11) is 1.57. The van der Waals surface area contributed by atoms with E-state index in [1.165, 1.54) is 6.20 Å². The predicted octanol–water partition coefficient (Wildman–Crippen LogP) is 6.29. The van der Waals surface area contributed by atoms with Crippen molar-refractivity contribution >= 4 is 40.2 Å². The summed E-state index contributed by atoms with van der Waals surface area (Å²) in [5.74, 6) is 0.857. The topological polar surface area (TPSA) is 75.5 Å². The molecule has 0 aliphatic carbocycles. The number of alkyl halides is 1. The number of likely N-dealkylation sites (tertiary alicyclic amines) is 1. The van der Waals surface area contributed by atoms with Crippen molar-refractivity contribution in [3.8, 4) is 5.75 Å². The summed E-state index contributed by atoms with van der Waals surface area (Å²) < 4.78 is 20.9. The van der Waals surface area contributed by atoms with Crippen molar-refractivity contribution in [3.05, 3.63) is 59.4 Å². The first kappa shape index (κ1) is 26.6. The Morgan fingerprint density at radius 1 is 1.31 bits per heavy atom. The van der Waals surface area contributed by atoms with Crippen molar-refractivity contribution in [1.82, 2.24) is 14.9 Å². The first-order valence-electron chi connectivity index (χ1n) is 12.2. The number of carbonyl (C=O) groups is 1. The minimum absolute atomic E-state index is 0.00643. The van der Waals surface area contributed by atoms with E-state index in [9.17, 15) is 9.90 Å². The first-order chi connectivity index (χ1) is 17.4. The van der Waals surface area contributed by atoms with Crippen LogP contribution in [0.5, 0.6) is 5.75 Å². The molecule has 36 heavy (non-hydrogen) atoms. The molecule has 1 saturated heterocycles. The van der Waals surface area contributed by atoms with Crippen molar-refractivity contribution in [2.45, 2.75) is 36.9 Å². The molecule has 2 aromatic heterocycles. The van der Waals surface area contributed by atoms with Gasteiger partial charge in [0.2, 0.25) is 0 Å². The van der Waals surface area contributed by atoms with Crippen molar-refractivity contribution in [3.63, 3.8) is 0 Å². The lowest BCUT2D eigenvalue weighted by Crippen LogP contribution is -2.42. The van der Waals surface area contributed by atoms with Gasteiger partial charge in [-0.25, -0.2) is 9.37 Å². The molecule has 192 valence electrons. The number of rotatable bonds is 11. The van der Waals surface area contributed by atoms with Gasteiger partial charge in [-0.15, -0.1) is 11.8 Å². The molecule has 3 aromatic rings. The van der Waals surface area contributed by atoms with E-state index in [-0.39, 0.29) is 24.7 Å². The molecule has 0 saturated carbocycles. The van der Waals surface area contributed by atoms with Gasteiger partial charge in [-0.3, -0.25) is 9.78 Å². The third kappa shape index (κ3) is 6.87. The number of hydrogen-bond acceptors (Lipinski definition) is 6. The number of halogens is 2. The monoisotopic (exact) mass is 531 g/mol. The van der Waals surface area contributed by atoms with E-state index in [4.69, 9.17) is 16.3 Å². The van der Waals surface area contributed by atoms with Gasteiger partial charge in [0, 0.05) is 48.6 Å². The van der Waals surface area contributed by atoms with Crippen LogP contribution in [0.3, 0.4) is 0 Å². The molecule has 0 spiro atoms. The Hall–Kier alpha value is -2.42. The van der Waals surface area contributed by atoms with Gasteiger partial charge in [-0.2, -0.15) is 0 Å². The summed E-state index contributed by atoms with van der Waals surface area (Å²) >= 11 is 8.09. The quantitative estimate of drug-likeness (QED) is 0.291. The smallest absolute Gasteiger partial charge is 0.303 e. The molecule has 0 bridgehead atoms. The second-order valence-corrected chi connectivity index (χ2v) is 10.7. The minimum Gasteiger partial charge on any atom is -0.497 e. The van der Waals surface area contributed by atoms with Gasteiger partial charge in [0.05, 0.1) is 22.7 Å². The molecule has 1 fully saturated rings. The molecule has 2 unspecified atom stereocenters. The Kier molecular flexibility index (Phi) is 9.40. The van der Waals surface area contributed by atoms with Crippen molar-refractivity contribution < 1.29 is 19.0 Å². The highest BCUT2D eigenvalue weighted by molar-refractivity contribution is 7.99. The fraction of sp³-hybridized carbons (Fsp3) is 0.444. The van der Waals surface area contributed by atoms with E-state index in [0.717, 1.165) is 30.3 Å². The number of carboxylic acids is 1. The molecule has 6 nitrogen and oxygen atoms in total. The van der Waals surface area contributed by atoms with Crippen molar-refractivity contribution in [2.24, 2.45) is 11.8 Å². The lowest BCUT2D eigenvalue weighted by atomic mass is 9.79. The molecule has 0 amide bonds. The highest BCUT2D eigenvalue weighted by atomic mass is 35.5. The number of hydrogen-bond donors (Lipinski definition) is 1. The number of fused-ring (bicyclic) bond motifs is 1. The van der Waals surface area contributed by atoms with Gasteiger partial charge in [0.15, 0.2) is 0 Å². The van der Waals surface area contributed by atoms with Gasteiger partial charge in [0.25, 0.3) is 0 Å². The number of benzene rings is 1. The van der Waals surface area contributed by atoms with Crippen LogP contribution >= 0.6 is 23.4 Å². The molecular weight excluding hydrogens is 501 g/mol. The molecule has 3 atom stereocenters. The molecule has 1 aliphatic rings. The molecule has 1 aliphatic heterocycles. The molecule has 3 heterocycles. The van der Waals surface area contributed by atoms with Crippen molar-refractivity contribution in [1.29, 1.82) is 0 Å². The number of piperidine rings is 1. The summed E-state index contributed by atoms with van der Waals surface area (Å²) in [5.41, 5.74) is 1.10. The zero-order valence-corrected chi connectivity index (χ0v) is 21.8. The summed E-state index contributed by atoms with van der Waals surface area (Å²) in [6.45, 7) is 2.47. The fourth-order valence-corrected chi connectivity index (χ4v) is 6.16. The zero-order valence-electron chi connectivity index (χ0n) is 20.3. The van der Waals surface area contributed by atoms with Crippen LogP contribution in [0.15, 0.2) is 53.8 Å². The molecule has 9 heteroatoms. The number of carboxylic acid groups (broad SMARTS) is 1. The van der Waals surface area contributed by atoms with Crippen LogP contribution in [-0.2, 0) is 4.79 Å². The number of pyridine rings is 2. The van der Waals surface area contributed by atoms with Crippen LogP contribution < -0.4 is 4.74 Å². The number of nitrogens with zero attached hydrogens (tertiary/aromatic N) is 3. The molecule has 1 N–H and O–H groups in total. The molecule has 1 aromatic carbocycles. The normalized spacial score (nSPS) is 19.3. The SMILES string of the molecule is COc1ccc2ncc(Cl)c([C@H](F)CCC3CCN(CCSc4ccccn4)CC3CC(=O)O)c2c1. The van der Waals surface area contributed by atoms with Gasteiger partial charge in [-0.1, -0.05) is 17.7 Å². The van der Waals surface area contributed by atoms with E-state index >= 15 is 4.39 Å². The number of methoxy groups -OCH3 is 1. The minimum atomic E-state index is -1.27.